The number of carbonyl (C=O) groups is 1. The molecule has 3 nitrogen and oxygen atoms in total. The summed E-state index contributed by atoms with van der Waals surface area (Å²) >= 11 is 3.35. The first-order chi connectivity index (χ1) is 8.90. The average molecular weight is 325 g/mol. The zero-order valence-electron chi connectivity index (χ0n) is 11.2. The molecule has 0 saturated heterocycles. The summed E-state index contributed by atoms with van der Waals surface area (Å²) in [5.41, 5.74) is 2.06. The number of hydrogen-bond donors (Lipinski definition) is 0. The lowest BCUT2D eigenvalue weighted by Crippen LogP contribution is -2.10. The van der Waals surface area contributed by atoms with E-state index in [1.807, 2.05) is 6.92 Å². The Labute approximate surface area is 122 Å². The zero-order chi connectivity index (χ0) is 14.4. The highest BCUT2D eigenvalue weighted by Gasteiger charge is 2.14. The van der Waals surface area contributed by atoms with Crippen molar-refractivity contribution < 1.29 is 14.3 Å². The Morgan fingerprint density at radius 1 is 1.21 bits per heavy atom. The summed E-state index contributed by atoms with van der Waals surface area (Å²) in [6, 6.07) is 5.17. The van der Waals surface area contributed by atoms with Crippen molar-refractivity contribution in [2.45, 2.75) is 13.8 Å². The molecule has 0 aliphatic rings. The maximum Gasteiger partial charge on any atom is 0.342 e. The van der Waals surface area contributed by atoms with E-state index in [2.05, 4.69) is 29.1 Å². The van der Waals surface area contributed by atoms with E-state index in [9.17, 15) is 4.79 Å². The van der Waals surface area contributed by atoms with Crippen LogP contribution in [0.15, 0.2) is 47.0 Å². The number of esters is 1. The van der Waals surface area contributed by atoms with Gasteiger partial charge in [-0.2, -0.15) is 0 Å². The minimum absolute atomic E-state index is 0.203. The second kappa shape index (κ2) is 7.14. The molecule has 102 valence electrons. The van der Waals surface area contributed by atoms with E-state index in [1.165, 1.54) is 0 Å². The van der Waals surface area contributed by atoms with Crippen LogP contribution >= 0.6 is 15.9 Å². The summed E-state index contributed by atoms with van der Waals surface area (Å²) in [5.74, 6) is 0.0521. The first-order valence-electron chi connectivity index (χ1n) is 5.78. The Balaban J connectivity index is 2.88. The first-order valence-corrected chi connectivity index (χ1v) is 6.57. The Kier molecular flexibility index (Phi) is 5.83. The molecular formula is C15H17BrO3. The van der Waals surface area contributed by atoms with Crippen molar-refractivity contribution >= 4 is 21.9 Å². The molecular weight excluding hydrogens is 308 g/mol. The minimum atomic E-state index is -0.424. The van der Waals surface area contributed by atoms with Crippen LogP contribution in [0.25, 0.3) is 0 Å². The number of benzene rings is 1. The average Bonchev–Trinajstić information content (AvgIpc) is 2.33. The Hall–Kier alpha value is -1.55. The molecule has 19 heavy (non-hydrogen) atoms. The molecule has 0 aliphatic carbocycles. The van der Waals surface area contributed by atoms with Crippen LogP contribution in [-0.2, 0) is 4.74 Å². The van der Waals surface area contributed by atoms with Crippen molar-refractivity contribution in [1.29, 1.82) is 0 Å². The summed E-state index contributed by atoms with van der Waals surface area (Å²) in [7, 11) is 0. The van der Waals surface area contributed by atoms with Crippen molar-refractivity contribution in [2.75, 3.05) is 13.2 Å². The molecule has 0 unspecified atom stereocenters. The highest BCUT2D eigenvalue weighted by molar-refractivity contribution is 9.10. The highest BCUT2D eigenvalue weighted by atomic mass is 79.9. The SMILES string of the molecule is C=C(C)COC(=O)c1ccc(Br)cc1OCC(=C)C. The lowest BCUT2D eigenvalue weighted by molar-refractivity contribution is 0.0536. The quantitative estimate of drug-likeness (QED) is 0.582. The third kappa shape index (κ3) is 5.30. The third-order valence-electron chi connectivity index (χ3n) is 2.09. The predicted molar refractivity (Wildman–Crippen MR) is 79.5 cm³/mol. The molecule has 0 heterocycles. The number of halogens is 1. The van der Waals surface area contributed by atoms with Gasteiger partial charge in [-0.1, -0.05) is 29.1 Å². The molecule has 1 rings (SSSR count). The first kappa shape index (κ1) is 15.5. The van der Waals surface area contributed by atoms with Gasteiger partial charge in [-0.25, -0.2) is 4.79 Å². The molecule has 4 heteroatoms. The smallest absolute Gasteiger partial charge is 0.342 e. The van der Waals surface area contributed by atoms with Crippen molar-refractivity contribution in [1.82, 2.24) is 0 Å². The molecule has 0 fully saturated rings. The molecule has 1 aromatic carbocycles. The Bertz CT molecular complexity index is 506. The lowest BCUT2D eigenvalue weighted by atomic mass is 10.2. The van der Waals surface area contributed by atoms with Crippen LogP contribution in [0.2, 0.25) is 0 Å². The molecule has 0 spiro atoms. The molecule has 0 saturated carbocycles. The zero-order valence-corrected chi connectivity index (χ0v) is 12.7. The topological polar surface area (TPSA) is 35.5 Å². The maximum absolute atomic E-state index is 11.9. The van der Waals surface area contributed by atoms with E-state index in [4.69, 9.17) is 9.47 Å². The van der Waals surface area contributed by atoms with Gasteiger partial charge in [-0.05, 0) is 43.2 Å². The normalized spacial score (nSPS) is 9.84. The third-order valence-corrected chi connectivity index (χ3v) is 2.58. The summed E-state index contributed by atoms with van der Waals surface area (Å²) in [6.45, 7) is 11.7. The van der Waals surface area contributed by atoms with Crippen LogP contribution in [0, 0.1) is 0 Å². The molecule has 1 aromatic rings. The molecule has 0 atom stereocenters. The van der Waals surface area contributed by atoms with Crippen molar-refractivity contribution in [2.24, 2.45) is 0 Å². The van der Waals surface area contributed by atoms with Gasteiger partial charge in [-0.15, -0.1) is 0 Å². The summed E-state index contributed by atoms with van der Waals surface area (Å²) in [5, 5.41) is 0. The number of carbonyl (C=O) groups excluding carboxylic acids is 1. The molecule has 0 bridgehead atoms. The van der Waals surface area contributed by atoms with Gasteiger partial charge in [0.15, 0.2) is 0 Å². The second-order valence-electron chi connectivity index (χ2n) is 4.42. The Morgan fingerprint density at radius 3 is 2.42 bits per heavy atom. The fourth-order valence-corrected chi connectivity index (χ4v) is 1.59. The van der Waals surface area contributed by atoms with E-state index < -0.39 is 5.97 Å². The molecule has 0 N–H and O–H groups in total. The maximum atomic E-state index is 11.9. The van der Waals surface area contributed by atoms with Crippen molar-refractivity contribution in [3.05, 3.63) is 52.5 Å². The van der Waals surface area contributed by atoms with Gasteiger partial charge >= 0.3 is 5.97 Å². The summed E-state index contributed by atoms with van der Waals surface area (Å²) in [4.78, 5) is 11.9. The fraction of sp³-hybridized carbons (Fsp3) is 0.267. The predicted octanol–water partition coefficient (Wildman–Crippen LogP) is 4.14. The van der Waals surface area contributed by atoms with Gasteiger partial charge in [0.05, 0.1) is 0 Å². The van der Waals surface area contributed by atoms with Crippen LogP contribution in [0.1, 0.15) is 24.2 Å². The number of hydrogen-bond acceptors (Lipinski definition) is 3. The monoisotopic (exact) mass is 324 g/mol. The lowest BCUT2D eigenvalue weighted by Gasteiger charge is -2.11. The van der Waals surface area contributed by atoms with Crippen LogP contribution < -0.4 is 4.74 Å². The number of rotatable bonds is 6. The van der Waals surface area contributed by atoms with Gasteiger partial charge in [0.25, 0.3) is 0 Å². The number of ether oxygens (including phenoxy) is 2. The van der Waals surface area contributed by atoms with Gasteiger partial charge < -0.3 is 9.47 Å². The van der Waals surface area contributed by atoms with Gasteiger partial charge in [0.2, 0.25) is 0 Å². The van der Waals surface area contributed by atoms with E-state index in [0.717, 1.165) is 15.6 Å². The molecule has 0 radical (unpaired) electrons. The fourth-order valence-electron chi connectivity index (χ4n) is 1.25. The summed E-state index contributed by atoms with van der Waals surface area (Å²) < 4.78 is 11.5. The van der Waals surface area contributed by atoms with Gasteiger partial charge in [0.1, 0.15) is 24.5 Å². The van der Waals surface area contributed by atoms with E-state index >= 15 is 0 Å². The van der Waals surface area contributed by atoms with Crippen LogP contribution in [0.5, 0.6) is 5.75 Å². The largest absolute Gasteiger partial charge is 0.488 e. The minimum Gasteiger partial charge on any atom is -0.488 e. The highest BCUT2D eigenvalue weighted by Crippen LogP contribution is 2.25. The molecule has 0 aliphatic heterocycles. The molecule has 0 amide bonds. The van der Waals surface area contributed by atoms with E-state index in [0.29, 0.717) is 17.9 Å². The Morgan fingerprint density at radius 2 is 1.84 bits per heavy atom. The van der Waals surface area contributed by atoms with Gasteiger partial charge in [-0.3, -0.25) is 0 Å². The van der Waals surface area contributed by atoms with Gasteiger partial charge in [0, 0.05) is 4.47 Å². The van der Waals surface area contributed by atoms with Crippen molar-refractivity contribution in [3.8, 4) is 5.75 Å². The van der Waals surface area contributed by atoms with Crippen LogP contribution in [0.3, 0.4) is 0 Å². The summed E-state index contributed by atoms with van der Waals surface area (Å²) in [6.07, 6.45) is 0. The van der Waals surface area contributed by atoms with Crippen LogP contribution in [0.4, 0.5) is 0 Å². The second-order valence-corrected chi connectivity index (χ2v) is 5.34. The standard InChI is InChI=1S/C15H17BrO3/c1-10(2)8-18-14-7-12(16)5-6-13(14)15(17)19-9-11(3)4/h5-7H,1,3,8-9H2,2,4H3. The van der Waals surface area contributed by atoms with Crippen LogP contribution in [-0.4, -0.2) is 19.2 Å². The van der Waals surface area contributed by atoms with E-state index in [-0.39, 0.29) is 6.61 Å². The van der Waals surface area contributed by atoms with E-state index in [1.54, 1.807) is 25.1 Å². The molecule has 0 aromatic heterocycles. The van der Waals surface area contributed by atoms with Crippen molar-refractivity contribution in [3.63, 3.8) is 0 Å².